The number of ether oxygens (including phenoxy) is 2. The van der Waals surface area contributed by atoms with Crippen molar-refractivity contribution in [2.75, 3.05) is 13.3 Å². The third-order valence-corrected chi connectivity index (χ3v) is 4.65. The minimum Gasteiger partial charge on any atom is -0.454 e. The van der Waals surface area contributed by atoms with Gasteiger partial charge < -0.3 is 19.7 Å². The van der Waals surface area contributed by atoms with E-state index < -0.39 is 0 Å². The molecule has 0 saturated carbocycles. The van der Waals surface area contributed by atoms with Crippen LogP contribution in [0.4, 0.5) is 9.18 Å². The summed E-state index contributed by atoms with van der Waals surface area (Å²) in [6, 6.07) is 11.9. The second kappa shape index (κ2) is 6.63. The SMILES string of the molecule is O=C(NCc1ccc2c(c1)OCO2)N1CCC[C@H]1c1ccc(F)cc1. The number of urea groups is 1. The number of amides is 2. The van der Waals surface area contributed by atoms with Crippen LogP contribution in [0.15, 0.2) is 42.5 Å². The van der Waals surface area contributed by atoms with E-state index in [-0.39, 0.29) is 24.7 Å². The van der Waals surface area contributed by atoms with Crippen LogP contribution >= 0.6 is 0 Å². The number of hydrogen-bond acceptors (Lipinski definition) is 3. The lowest BCUT2D eigenvalue weighted by Gasteiger charge is -2.25. The number of fused-ring (bicyclic) bond motifs is 1. The summed E-state index contributed by atoms with van der Waals surface area (Å²) in [4.78, 5) is 14.4. The fraction of sp³-hybridized carbons (Fsp3) is 0.316. The number of benzene rings is 2. The van der Waals surface area contributed by atoms with Gasteiger partial charge in [0.2, 0.25) is 6.79 Å². The van der Waals surface area contributed by atoms with E-state index in [2.05, 4.69) is 5.32 Å². The summed E-state index contributed by atoms with van der Waals surface area (Å²) in [6.45, 7) is 1.36. The van der Waals surface area contributed by atoms with Gasteiger partial charge >= 0.3 is 6.03 Å². The van der Waals surface area contributed by atoms with Gasteiger partial charge in [0.25, 0.3) is 0 Å². The van der Waals surface area contributed by atoms with E-state index >= 15 is 0 Å². The van der Waals surface area contributed by atoms with Crippen molar-refractivity contribution in [2.24, 2.45) is 0 Å². The molecule has 4 rings (SSSR count). The molecule has 1 saturated heterocycles. The lowest BCUT2D eigenvalue weighted by Crippen LogP contribution is -2.39. The molecule has 2 heterocycles. The van der Waals surface area contributed by atoms with E-state index in [1.807, 2.05) is 23.1 Å². The minimum absolute atomic E-state index is 0.00245. The number of nitrogens with zero attached hydrogens (tertiary/aromatic N) is 1. The Bertz CT molecular complexity index is 779. The van der Waals surface area contributed by atoms with Crippen LogP contribution in [0.25, 0.3) is 0 Å². The van der Waals surface area contributed by atoms with Crippen molar-refractivity contribution in [3.63, 3.8) is 0 Å². The van der Waals surface area contributed by atoms with Gasteiger partial charge in [-0.25, -0.2) is 9.18 Å². The van der Waals surface area contributed by atoms with E-state index in [0.717, 1.165) is 29.7 Å². The normalized spacial score (nSPS) is 18.4. The number of rotatable bonds is 3. The molecule has 25 heavy (non-hydrogen) atoms. The Balaban J connectivity index is 1.41. The number of nitrogens with one attached hydrogen (secondary N) is 1. The maximum Gasteiger partial charge on any atom is 0.318 e. The van der Waals surface area contributed by atoms with Gasteiger partial charge in [-0.2, -0.15) is 0 Å². The summed E-state index contributed by atoms with van der Waals surface area (Å²) >= 11 is 0. The van der Waals surface area contributed by atoms with Crippen molar-refractivity contribution in [2.45, 2.75) is 25.4 Å². The summed E-state index contributed by atoms with van der Waals surface area (Å²) in [5, 5.41) is 2.96. The summed E-state index contributed by atoms with van der Waals surface area (Å²) in [5.41, 5.74) is 1.92. The van der Waals surface area contributed by atoms with Crippen LogP contribution < -0.4 is 14.8 Å². The number of likely N-dealkylation sites (tertiary alicyclic amines) is 1. The van der Waals surface area contributed by atoms with Crippen molar-refractivity contribution in [3.05, 3.63) is 59.4 Å². The molecule has 2 amide bonds. The first-order valence-electron chi connectivity index (χ1n) is 8.39. The van der Waals surface area contributed by atoms with Crippen LogP contribution in [-0.4, -0.2) is 24.3 Å². The van der Waals surface area contributed by atoms with E-state index in [4.69, 9.17) is 9.47 Å². The molecule has 2 aromatic rings. The smallest absolute Gasteiger partial charge is 0.318 e. The lowest BCUT2D eigenvalue weighted by atomic mass is 10.0. The molecule has 2 aliphatic rings. The van der Waals surface area contributed by atoms with Crippen molar-refractivity contribution in [1.82, 2.24) is 10.2 Å². The zero-order valence-corrected chi connectivity index (χ0v) is 13.7. The molecule has 0 radical (unpaired) electrons. The topological polar surface area (TPSA) is 50.8 Å². The lowest BCUT2D eigenvalue weighted by molar-refractivity contribution is 0.174. The second-order valence-corrected chi connectivity index (χ2v) is 6.25. The molecule has 5 nitrogen and oxygen atoms in total. The fourth-order valence-corrected chi connectivity index (χ4v) is 3.37. The number of carbonyl (C=O) groups is 1. The third kappa shape index (κ3) is 3.24. The molecular formula is C19H19FN2O3. The average Bonchev–Trinajstić information content (AvgIpc) is 3.29. The van der Waals surface area contributed by atoms with Gasteiger partial charge in [0.1, 0.15) is 5.82 Å². The highest BCUT2D eigenvalue weighted by molar-refractivity contribution is 5.75. The van der Waals surface area contributed by atoms with Gasteiger partial charge in [-0.1, -0.05) is 18.2 Å². The van der Waals surface area contributed by atoms with E-state index in [0.29, 0.717) is 18.8 Å². The van der Waals surface area contributed by atoms with Gasteiger partial charge in [0, 0.05) is 13.1 Å². The zero-order chi connectivity index (χ0) is 17.2. The largest absolute Gasteiger partial charge is 0.454 e. The van der Waals surface area contributed by atoms with Crippen LogP contribution in [0.2, 0.25) is 0 Å². The number of hydrogen-bond donors (Lipinski definition) is 1. The summed E-state index contributed by atoms with van der Waals surface area (Å²) in [5.74, 6) is 1.17. The minimum atomic E-state index is -0.263. The van der Waals surface area contributed by atoms with E-state index in [1.165, 1.54) is 12.1 Å². The van der Waals surface area contributed by atoms with Crippen LogP contribution in [0.3, 0.4) is 0 Å². The summed E-state index contributed by atoms with van der Waals surface area (Å²) < 4.78 is 23.8. The predicted molar refractivity (Wildman–Crippen MR) is 89.9 cm³/mol. The molecule has 2 aliphatic heterocycles. The Morgan fingerprint density at radius 2 is 1.96 bits per heavy atom. The van der Waals surface area contributed by atoms with Crippen LogP contribution in [-0.2, 0) is 6.54 Å². The second-order valence-electron chi connectivity index (χ2n) is 6.25. The standard InChI is InChI=1S/C19H19FN2O3/c20-15-6-4-14(5-7-15)16-2-1-9-22(16)19(23)21-11-13-3-8-17-18(10-13)25-12-24-17/h3-8,10,16H,1-2,9,11-12H2,(H,21,23)/t16-/m0/s1. The zero-order valence-electron chi connectivity index (χ0n) is 13.7. The molecule has 2 aromatic carbocycles. The van der Waals surface area contributed by atoms with Crippen molar-refractivity contribution >= 4 is 6.03 Å². The molecule has 0 spiro atoms. The summed E-state index contributed by atoms with van der Waals surface area (Å²) in [7, 11) is 0. The third-order valence-electron chi connectivity index (χ3n) is 4.65. The van der Waals surface area contributed by atoms with Gasteiger partial charge in [-0.05, 0) is 48.2 Å². The highest BCUT2D eigenvalue weighted by Crippen LogP contribution is 2.33. The molecule has 1 fully saturated rings. The van der Waals surface area contributed by atoms with Gasteiger partial charge in [0.05, 0.1) is 6.04 Å². The molecule has 0 aliphatic carbocycles. The molecule has 130 valence electrons. The average molecular weight is 342 g/mol. The molecule has 0 unspecified atom stereocenters. The molecular weight excluding hydrogens is 323 g/mol. The van der Waals surface area contributed by atoms with Gasteiger partial charge in [-0.15, -0.1) is 0 Å². The first-order valence-corrected chi connectivity index (χ1v) is 8.39. The van der Waals surface area contributed by atoms with Crippen LogP contribution in [0.5, 0.6) is 11.5 Å². The fourth-order valence-electron chi connectivity index (χ4n) is 3.37. The maximum atomic E-state index is 13.1. The molecule has 1 atom stereocenters. The highest BCUT2D eigenvalue weighted by Gasteiger charge is 2.29. The monoisotopic (exact) mass is 342 g/mol. The molecule has 1 N–H and O–H groups in total. The van der Waals surface area contributed by atoms with E-state index in [1.54, 1.807) is 12.1 Å². The van der Waals surface area contributed by atoms with E-state index in [9.17, 15) is 9.18 Å². The maximum absolute atomic E-state index is 13.1. The van der Waals surface area contributed by atoms with Crippen LogP contribution in [0.1, 0.15) is 30.0 Å². The Kier molecular flexibility index (Phi) is 4.17. The quantitative estimate of drug-likeness (QED) is 0.927. The highest BCUT2D eigenvalue weighted by atomic mass is 19.1. The predicted octanol–water partition coefficient (Wildman–Crippen LogP) is 3.60. The Labute approximate surface area is 145 Å². The Morgan fingerprint density at radius 1 is 1.16 bits per heavy atom. The summed E-state index contributed by atoms with van der Waals surface area (Å²) in [6.07, 6.45) is 1.84. The molecule has 0 aromatic heterocycles. The van der Waals surface area contributed by atoms with Crippen molar-refractivity contribution < 1.29 is 18.7 Å². The van der Waals surface area contributed by atoms with Gasteiger partial charge in [-0.3, -0.25) is 0 Å². The van der Waals surface area contributed by atoms with Crippen molar-refractivity contribution in [1.29, 1.82) is 0 Å². The molecule has 0 bridgehead atoms. The molecule has 6 heteroatoms. The Morgan fingerprint density at radius 3 is 2.80 bits per heavy atom. The Hall–Kier alpha value is -2.76. The number of carbonyl (C=O) groups excluding carboxylic acids is 1. The number of halogens is 1. The van der Waals surface area contributed by atoms with Crippen LogP contribution in [0, 0.1) is 5.82 Å². The first-order chi connectivity index (χ1) is 12.2. The first kappa shape index (κ1) is 15.7. The van der Waals surface area contributed by atoms with Gasteiger partial charge in [0.15, 0.2) is 11.5 Å². The van der Waals surface area contributed by atoms with Crippen molar-refractivity contribution in [3.8, 4) is 11.5 Å².